The standard InChI is InChI=1S/C12H14ClF3N2O.C6H4ClF.C2H4/c1-3-10(13)7-9(4-5-19-12(14,15)16)11-6-8(2)17-18-11;7-5-3-1-2-4-6(5)8;1-2/h4,6-7H,3,5H2,1-2H3,(H,17,18);1-4H;1-2H2/b9-4+,10-7+;;. The summed E-state index contributed by atoms with van der Waals surface area (Å²) in [5.74, 6) is -0.367. The van der Waals surface area contributed by atoms with Gasteiger partial charge in [0.25, 0.3) is 0 Å². The van der Waals surface area contributed by atoms with Crippen molar-refractivity contribution in [2.75, 3.05) is 6.61 Å². The summed E-state index contributed by atoms with van der Waals surface area (Å²) in [6.45, 7) is 9.05. The molecule has 9 heteroatoms. The number of benzene rings is 1. The van der Waals surface area contributed by atoms with Gasteiger partial charge < -0.3 is 0 Å². The lowest BCUT2D eigenvalue weighted by atomic mass is 10.1. The third-order valence-electron chi connectivity index (χ3n) is 3.03. The van der Waals surface area contributed by atoms with Gasteiger partial charge in [0.15, 0.2) is 0 Å². The van der Waals surface area contributed by atoms with Gasteiger partial charge in [0.2, 0.25) is 0 Å². The van der Waals surface area contributed by atoms with Crippen molar-refractivity contribution in [2.24, 2.45) is 0 Å². The lowest BCUT2D eigenvalue weighted by Crippen LogP contribution is -2.13. The van der Waals surface area contributed by atoms with Gasteiger partial charge in [-0.15, -0.1) is 26.3 Å². The van der Waals surface area contributed by atoms with Crippen LogP contribution in [0.4, 0.5) is 17.6 Å². The van der Waals surface area contributed by atoms with Crippen LogP contribution in [0, 0.1) is 12.7 Å². The minimum atomic E-state index is -4.65. The quantitative estimate of drug-likeness (QED) is 0.290. The number of aryl methyl sites for hydroxylation is 1. The normalized spacial score (nSPS) is 11.9. The molecule has 1 aromatic heterocycles. The molecular weight excluding hydrogens is 431 g/mol. The number of aromatic amines is 1. The van der Waals surface area contributed by atoms with Gasteiger partial charge in [0.05, 0.1) is 17.3 Å². The summed E-state index contributed by atoms with van der Waals surface area (Å²) in [5.41, 5.74) is 1.81. The van der Waals surface area contributed by atoms with Gasteiger partial charge >= 0.3 is 6.36 Å². The third-order valence-corrected chi connectivity index (χ3v) is 3.71. The van der Waals surface area contributed by atoms with Crippen LogP contribution in [0.1, 0.15) is 24.7 Å². The van der Waals surface area contributed by atoms with Gasteiger partial charge in [-0.05, 0) is 43.7 Å². The fourth-order valence-corrected chi connectivity index (χ4v) is 1.99. The number of hydrogen-bond donors (Lipinski definition) is 1. The Morgan fingerprint density at radius 2 is 1.90 bits per heavy atom. The first-order valence-electron chi connectivity index (χ1n) is 8.31. The molecule has 0 saturated heterocycles. The van der Waals surface area contributed by atoms with Crippen molar-refractivity contribution in [3.05, 3.63) is 82.9 Å². The second-order valence-corrected chi connectivity index (χ2v) is 6.10. The SMILES string of the molecule is C=C.CC/C(Cl)=C\C(=C/COC(F)(F)F)c1cc(C)[nH]n1.Fc1ccccc1Cl. The highest BCUT2D eigenvalue weighted by molar-refractivity contribution is 6.30. The summed E-state index contributed by atoms with van der Waals surface area (Å²) in [6.07, 6.45) is -1.19. The summed E-state index contributed by atoms with van der Waals surface area (Å²) < 4.78 is 51.7. The van der Waals surface area contributed by atoms with E-state index in [1.165, 1.54) is 18.2 Å². The van der Waals surface area contributed by atoms with E-state index >= 15 is 0 Å². The zero-order valence-electron chi connectivity index (χ0n) is 16.0. The van der Waals surface area contributed by atoms with Crippen LogP contribution in [0.15, 0.2) is 60.7 Å². The smallest absolute Gasteiger partial charge is 0.288 e. The van der Waals surface area contributed by atoms with Crippen molar-refractivity contribution >= 4 is 28.8 Å². The number of rotatable bonds is 5. The Kier molecular flexibility index (Phi) is 13.0. The highest BCUT2D eigenvalue weighted by atomic mass is 35.5. The highest BCUT2D eigenvalue weighted by Crippen LogP contribution is 2.21. The maximum Gasteiger partial charge on any atom is 0.522 e. The van der Waals surface area contributed by atoms with Crippen molar-refractivity contribution < 1.29 is 22.3 Å². The molecule has 0 fully saturated rings. The first-order valence-corrected chi connectivity index (χ1v) is 9.07. The molecule has 2 aromatic rings. The zero-order chi connectivity index (χ0) is 22.4. The first-order chi connectivity index (χ1) is 13.6. The van der Waals surface area contributed by atoms with E-state index in [1.807, 2.05) is 6.92 Å². The van der Waals surface area contributed by atoms with Crippen molar-refractivity contribution in [1.29, 1.82) is 0 Å². The van der Waals surface area contributed by atoms with E-state index in [0.29, 0.717) is 22.7 Å². The van der Waals surface area contributed by atoms with E-state index in [1.54, 1.807) is 31.2 Å². The molecule has 160 valence electrons. The second kappa shape index (κ2) is 14.0. The molecule has 1 N–H and O–H groups in total. The molecule has 1 heterocycles. The number of allylic oxidation sites excluding steroid dienone is 3. The summed E-state index contributed by atoms with van der Waals surface area (Å²) in [5, 5.41) is 7.41. The number of aromatic nitrogens is 2. The van der Waals surface area contributed by atoms with Crippen molar-refractivity contribution in [2.45, 2.75) is 26.6 Å². The minimum Gasteiger partial charge on any atom is -0.288 e. The summed E-state index contributed by atoms with van der Waals surface area (Å²) in [6, 6.07) is 7.83. The van der Waals surface area contributed by atoms with Crippen LogP contribution in [0.2, 0.25) is 5.02 Å². The van der Waals surface area contributed by atoms with Crippen LogP contribution in [0.25, 0.3) is 5.57 Å². The van der Waals surface area contributed by atoms with Crippen LogP contribution >= 0.6 is 23.2 Å². The molecule has 0 aliphatic heterocycles. The Morgan fingerprint density at radius 1 is 1.28 bits per heavy atom. The molecule has 0 amide bonds. The predicted molar refractivity (Wildman–Crippen MR) is 110 cm³/mol. The fraction of sp³-hybridized carbons (Fsp3) is 0.250. The van der Waals surface area contributed by atoms with E-state index in [4.69, 9.17) is 23.2 Å². The van der Waals surface area contributed by atoms with Crippen LogP contribution < -0.4 is 0 Å². The third kappa shape index (κ3) is 12.2. The van der Waals surface area contributed by atoms with Crippen molar-refractivity contribution in [3.8, 4) is 0 Å². The van der Waals surface area contributed by atoms with Gasteiger partial charge in [-0.1, -0.05) is 42.3 Å². The average Bonchev–Trinajstić information content (AvgIpc) is 3.10. The Bertz CT molecular complexity index is 781. The number of nitrogens with one attached hydrogen (secondary N) is 1. The number of ether oxygens (including phenoxy) is 1. The van der Waals surface area contributed by atoms with E-state index in [-0.39, 0.29) is 10.8 Å². The topological polar surface area (TPSA) is 37.9 Å². The molecule has 0 radical (unpaired) electrons. The number of alkyl halides is 3. The molecule has 0 aliphatic rings. The molecule has 0 spiro atoms. The molecular formula is C20H22Cl2F4N2O. The Balaban J connectivity index is 0.000000649. The van der Waals surface area contributed by atoms with E-state index in [2.05, 4.69) is 28.1 Å². The van der Waals surface area contributed by atoms with E-state index in [0.717, 1.165) is 5.69 Å². The number of H-pyrrole nitrogens is 1. The van der Waals surface area contributed by atoms with E-state index in [9.17, 15) is 17.6 Å². The molecule has 29 heavy (non-hydrogen) atoms. The zero-order valence-corrected chi connectivity index (χ0v) is 17.5. The Labute approximate surface area is 177 Å². The average molecular weight is 453 g/mol. The van der Waals surface area contributed by atoms with Crippen LogP contribution in [0.3, 0.4) is 0 Å². The minimum absolute atomic E-state index is 0.174. The lowest BCUT2D eigenvalue weighted by Gasteiger charge is -2.05. The highest BCUT2D eigenvalue weighted by Gasteiger charge is 2.28. The summed E-state index contributed by atoms with van der Waals surface area (Å²) in [7, 11) is 0. The number of nitrogens with zero attached hydrogens (tertiary/aromatic N) is 1. The van der Waals surface area contributed by atoms with Crippen molar-refractivity contribution in [3.63, 3.8) is 0 Å². The van der Waals surface area contributed by atoms with E-state index < -0.39 is 13.0 Å². The van der Waals surface area contributed by atoms with Crippen LogP contribution in [-0.2, 0) is 4.74 Å². The number of hydrogen-bond acceptors (Lipinski definition) is 2. The van der Waals surface area contributed by atoms with Gasteiger partial charge in [-0.25, -0.2) is 4.39 Å². The largest absolute Gasteiger partial charge is 0.522 e. The van der Waals surface area contributed by atoms with Gasteiger partial charge in [0.1, 0.15) is 5.82 Å². The van der Waals surface area contributed by atoms with Crippen LogP contribution in [0.5, 0.6) is 0 Å². The Morgan fingerprint density at radius 3 is 2.31 bits per heavy atom. The summed E-state index contributed by atoms with van der Waals surface area (Å²) >= 11 is 11.2. The molecule has 3 nitrogen and oxygen atoms in total. The first kappa shape index (κ1) is 26.9. The molecule has 2 rings (SSSR count). The summed E-state index contributed by atoms with van der Waals surface area (Å²) in [4.78, 5) is 0. The fourth-order valence-electron chi connectivity index (χ4n) is 1.74. The number of halogens is 6. The van der Waals surface area contributed by atoms with Crippen LogP contribution in [-0.4, -0.2) is 23.2 Å². The van der Waals surface area contributed by atoms with Gasteiger partial charge in [-0.2, -0.15) is 5.10 Å². The molecule has 0 unspecified atom stereocenters. The Hall–Kier alpha value is -2.09. The van der Waals surface area contributed by atoms with Crippen molar-refractivity contribution in [1.82, 2.24) is 10.2 Å². The predicted octanol–water partition coefficient (Wildman–Crippen LogP) is 7.45. The lowest BCUT2D eigenvalue weighted by molar-refractivity contribution is -0.319. The maximum atomic E-state index is 12.2. The van der Waals surface area contributed by atoms with Gasteiger partial charge in [-0.3, -0.25) is 9.84 Å². The molecule has 0 bridgehead atoms. The van der Waals surface area contributed by atoms with Gasteiger partial charge in [0, 0.05) is 16.3 Å². The molecule has 0 aliphatic carbocycles. The molecule has 0 saturated carbocycles. The molecule has 0 atom stereocenters. The maximum absolute atomic E-state index is 12.2. The second-order valence-electron chi connectivity index (χ2n) is 5.21. The molecule has 1 aromatic carbocycles. The monoisotopic (exact) mass is 452 g/mol.